The molecule has 0 aliphatic rings. The molecule has 108 valence electrons. The van der Waals surface area contributed by atoms with Gasteiger partial charge in [-0.2, -0.15) is 0 Å². The summed E-state index contributed by atoms with van der Waals surface area (Å²) in [6.45, 7) is 8.65. The molecule has 0 fully saturated rings. The van der Waals surface area contributed by atoms with Crippen molar-refractivity contribution in [3.05, 3.63) is 30.1 Å². The van der Waals surface area contributed by atoms with Crippen molar-refractivity contribution in [3.8, 4) is 0 Å². The molecular formula is C16H23N3O. The van der Waals surface area contributed by atoms with Gasteiger partial charge in [0.15, 0.2) is 0 Å². The third kappa shape index (κ3) is 3.00. The first-order chi connectivity index (χ1) is 9.52. The Morgan fingerprint density at radius 1 is 1.30 bits per heavy atom. The highest BCUT2D eigenvalue weighted by atomic mass is 16.2. The average molecular weight is 273 g/mol. The molecule has 1 unspecified atom stereocenters. The Labute approximate surface area is 120 Å². The smallest absolute Gasteiger partial charge is 0.240 e. The zero-order valence-corrected chi connectivity index (χ0v) is 12.7. The average Bonchev–Trinajstić information content (AvgIpc) is 2.76. The Morgan fingerprint density at radius 2 is 2.00 bits per heavy atom. The molecule has 20 heavy (non-hydrogen) atoms. The summed E-state index contributed by atoms with van der Waals surface area (Å²) in [5.74, 6) is 1.44. The van der Waals surface area contributed by atoms with Crippen LogP contribution < -0.4 is 5.32 Å². The van der Waals surface area contributed by atoms with Crippen molar-refractivity contribution in [3.63, 3.8) is 0 Å². The van der Waals surface area contributed by atoms with E-state index in [0.717, 1.165) is 23.3 Å². The Bertz CT molecular complexity index is 601. The van der Waals surface area contributed by atoms with Crippen LogP contribution in [-0.4, -0.2) is 21.5 Å². The number of carbonyl (C=O) groups is 1. The number of imidazole rings is 1. The molecule has 1 atom stereocenters. The van der Waals surface area contributed by atoms with Crippen LogP contribution in [0.5, 0.6) is 0 Å². The van der Waals surface area contributed by atoms with Gasteiger partial charge in [0.05, 0.1) is 11.0 Å². The van der Waals surface area contributed by atoms with Crippen molar-refractivity contribution in [1.29, 1.82) is 0 Å². The summed E-state index contributed by atoms with van der Waals surface area (Å²) in [5.41, 5.74) is 1.98. The highest BCUT2D eigenvalue weighted by molar-refractivity contribution is 5.81. The summed E-state index contributed by atoms with van der Waals surface area (Å²) in [5, 5.41) is 3.05. The van der Waals surface area contributed by atoms with Crippen LogP contribution in [0.25, 0.3) is 11.0 Å². The summed E-state index contributed by atoms with van der Waals surface area (Å²) < 4.78 is 2.01. The minimum atomic E-state index is 0.0454. The summed E-state index contributed by atoms with van der Waals surface area (Å²) in [4.78, 5) is 16.8. The SMILES string of the molecule is CCc1nc2ccccc2n1CC(=O)NC(C)C(C)C. The van der Waals surface area contributed by atoms with Gasteiger partial charge < -0.3 is 9.88 Å². The van der Waals surface area contributed by atoms with Crippen molar-refractivity contribution in [2.45, 2.75) is 46.7 Å². The van der Waals surface area contributed by atoms with Gasteiger partial charge in [-0.05, 0) is 25.0 Å². The lowest BCUT2D eigenvalue weighted by molar-refractivity contribution is -0.122. The van der Waals surface area contributed by atoms with Gasteiger partial charge in [0.1, 0.15) is 12.4 Å². The van der Waals surface area contributed by atoms with Crippen LogP contribution in [0.15, 0.2) is 24.3 Å². The van der Waals surface area contributed by atoms with E-state index < -0.39 is 0 Å². The van der Waals surface area contributed by atoms with Crippen LogP contribution in [-0.2, 0) is 17.8 Å². The fourth-order valence-electron chi connectivity index (χ4n) is 2.18. The lowest BCUT2D eigenvalue weighted by Gasteiger charge is -2.18. The van der Waals surface area contributed by atoms with Crippen molar-refractivity contribution >= 4 is 16.9 Å². The standard InChI is InChI=1S/C16H23N3O/c1-5-15-18-13-8-6-7-9-14(13)19(15)10-16(20)17-12(4)11(2)3/h6-9,11-12H,5,10H2,1-4H3,(H,17,20). The van der Waals surface area contributed by atoms with E-state index >= 15 is 0 Å². The van der Waals surface area contributed by atoms with Gasteiger partial charge in [-0.15, -0.1) is 0 Å². The number of nitrogens with one attached hydrogen (secondary N) is 1. The summed E-state index contributed by atoms with van der Waals surface area (Å²) in [6, 6.07) is 8.14. The number of aromatic nitrogens is 2. The number of rotatable bonds is 5. The molecule has 0 aliphatic heterocycles. The first kappa shape index (κ1) is 14.6. The minimum absolute atomic E-state index is 0.0454. The maximum absolute atomic E-state index is 12.2. The van der Waals surface area contributed by atoms with Crippen LogP contribution in [0.2, 0.25) is 0 Å². The molecular weight excluding hydrogens is 250 g/mol. The topological polar surface area (TPSA) is 46.9 Å². The fraction of sp³-hybridized carbons (Fsp3) is 0.500. The molecule has 2 rings (SSSR count). The number of amides is 1. The van der Waals surface area contributed by atoms with Crippen molar-refractivity contribution in [1.82, 2.24) is 14.9 Å². The van der Waals surface area contributed by atoms with Gasteiger partial charge >= 0.3 is 0 Å². The predicted octanol–water partition coefficient (Wildman–Crippen LogP) is 2.76. The lowest BCUT2D eigenvalue weighted by Crippen LogP contribution is -2.38. The highest BCUT2D eigenvalue weighted by Gasteiger charge is 2.15. The molecule has 1 heterocycles. The van der Waals surface area contributed by atoms with Gasteiger partial charge in [-0.1, -0.05) is 32.9 Å². The third-order valence-corrected chi connectivity index (χ3v) is 3.74. The number of nitrogens with zero attached hydrogens (tertiary/aromatic N) is 2. The van der Waals surface area contributed by atoms with Gasteiger partial charge in [0.25, 0.3) is 0 Å². The second kappa shape index (κ2) is 6.07. The van der Waals surface area contributed by atoms with E-state index in [1.807, 2.05) is 35.8 Å². The van der Waals surface area contributed by atoms with E-state index in [9.17, 15) is 4.79 Å². The molecule has 2 aromatic rings. The summed E-state index contributed by atoms with van der Waals surface area (Å²) >= 11 is 0. The van der Waals surface area contributed by atoms with Crippen molar-refractivity contribution in [2.24, 2.45) is 5.92 Å². The lowest BCUT2D eigenvalue weighted by atomic mass is 10.1. The van der Waals surface area contributed by atoms with E-state index in [1.165, 1.54) is 0 Å². The molecule has 0 spiro atoms. The van der Waals surface area contributed by atoms with E-state index in [0.29, 0.717) is 12.5 Å². The van der Waals surface area contributed by atoms with Crippen LogP contribution in [0, 0.1) is 5.92 Å². The largest absolute Gasteiger partial charge is 0.352 e. The first-order valence-electron chi connectivity index (χ1n) is 7.26. The van der Waals surface area contributed by atoms with Gasteiger partial charge in [0, 0.05) is 12.5 Å². The Morgan fingerprint density at radius 3 is 2.65 bits per heavy atom. The van der Waals surface area contributed by atoms with Gasteiger partial charge in [-0.25, -0.2) is 4.98 Å². The highest BCUT2D eigenvalue weighted by Crippen LogP contribution is 2.16. The third-order valence-electron chi connectivity index (χ3n) is 3.74. The number of fused-ring (bicyclic) bond motifs is 1. The monoisotopic (exact) mass is 273 g/mol. The zero-order valence-electron chi connectivity index (χ0n) is 12.7. The number of benzene rings is 1. The molecule has 1 aromatic carbocycles. The van der Waals surface area contributed by atoms with Crippen LogP contribution >= 0.6 is 0 Å². The van der Waals surface area contributed by atoms with Crippen LogP contribution in [0.1, 0.15) is 33.5 Å². The van der Waals surface area contributed by atoms with E-state index in [-0.39, 0.29) is 11.9 Å². The number of aryl methyl sites for hydroxylation is 1. The molecule has 0 bridgehead atoms. The first-order valence-corrected chi connectivity index (χ1v) is 7.26. The molecule has 0 radical (unpaired) electrons. The molecule has 1 N–H and O–H groups in total. The molecule has 4 heteroatoms. The van der Waals surface area contributed by atoms with Crippen molar-refractivity contribution < 1.29 is 4.79 Å². The van der Waals surface area contributed by atoms with Gasteiger partial charge in [-0.3, -0.25) is 4.79 Å². The second-order valence-electron chi connectivity index (χ2n) is 5.56. The molecule has 4 nitrogen and oxygen atoms in total. The molecule has 0 aliphatic carbocycles. The normalized spacial score (nSPS) is 12.8. The number of para-hydroxylation sites is 2. The molecule has 1 amide bonds. The minimum Gasteiger partial charge on any atom is -0.352 e. The maximum Gasteiger partial charge on any atom is 0.240 e. The van der Waals surface area contributed by atoms with E-state index in [1.54, 1.807) is 0 Å². The van der Waals surface area contributed by atoms with E-state index in [2.05, 4.69) is 31.1 Å². The second-order valence-corrected chi connectivity index (χ2v) is 5.56. The van der Waals surface area contributed by atoms with Gasteiger partial charge in [0.2, 0.25) is 5.91 Å². The number of carbonyl (C=O) groups excluding carboxylic acids is 1. The van der Waals surface area contributed by atoms with E-state index in [4.69, 9.17) is 0 Å². The molecule has 0 saturated carbocycles. The quantitative estimate of drug-likeness (QED) is 0.910. The molecule has 0 saturated heterocycles. The maximum atomic E-state index is 12.2. The van der Waals surface area contributed by atoms with Crippen LogP contribution in [0.3, 0.4) is 0 Å². The Kier molecular flexibility index (Phi) is 4.42. The zero-order chi connectivity index (χ0) is 14.7. The number of hydrogen-bond acceptors (Lipinski definition) is 2. The Balaban J connectivity index is 2.22. The Hall–Kier alpha value is -1.84. The predicted molar refractivity (Wildman–Crippen MR) is 81.6 cm³/mol. The summed E-state index contributed by atoms with van der Waals surface area (Å²) in [6.07, 6.45) is 0.821. The van der Waals surface area contributed by atoms with Crippen LogP contribution in [0.4, 0.5) is 0 Å². The van der Waals surface area contributed by atoms with Crippen molar-refractivity contribution in [2.75, 3.05) is 0 Å². The number of hydrogen-bond donors (Lipinski definition) is 1. The fourth-order valence-corrected chi connectivity index (χ4v) is 2.18. The summed E-state index contributed by atoms with van der Waals surface area (Å²) in [7, 11) is 0. The molecule has 1 aromatic heterocycles.